The summed E-state index contributed by atoms with van der Waals surface area (Å²) < 4.78 is 0. The Bertz CT molecular complexity index is 1190. The Labute approximate surface area is 192 Å². The summed E-state index contributed by atoms with van der Waals surface area (Å²) in [5, 5.41) is 2.16. The van der Waals surface area contributed by atoms with Crippen molar-refractivity contribution < 1.29 is 9.59 Å². The van der Waals surface area contributed by atoms with Crippen LogP contribution in [0.25, 0.3) is 10.8 Å². The van der Waals surface area contributed by atoms with Gasteiger partial charge in [0.05, 0.1) is 31.2 Å². The maximum atomic E-state index is 13.5. The first-order valence-electron chi connectivity index (χ1n) is 8.81. The van der Waals surface area contributed by atoms with Gasteiger partial charge in [-0.3, -0.25) is 9.59 Å². The molecule has 0 N–H and O–H groups in total. The predicted octanol–water partition coefficient (Wildman–Crippen LogP) is 7.72. The van der Waals surface area contributed by atoms with Gasteiger partial charge in [0, 0.05) is 17.2 Å². The Morgan fingerprint density at radius 3 is 1.70 bits per heavy atom. The van der Waals surface area contributed by atoms with Gasteiger partial charge in [-0.2, -0.15) is 0 Å². The molecule has 1 radical (unpaired) electrons. The summed E-state index contributed by atoms with van der Waals surface area (Å²) in [6, 6.07) is 21.5. The number of benzene rings is 4. The fraction of sp³-hybridized carbons (Fsp3) is 0. The largest absolute Gasteiger partial charge is 0.288 e. The number of hydrogen-bond donors (Lipinski definition) is 0. The van der Waals surface area contributed by atoms with E-state index in [0.717, 1.165) is 5.39 Å². The van der Waals surface area contributed by atoms with Crippen LogP contribution in [0.15, 0.2) is 66.7 Å². The number of hydrogen-bond acceptors (Lipinski definition) is 2. The molecule has 4 rings (SSSR count). The fourth-order valence-electron chi connectivity index (χ4n) is 3.21. The van der Waals surface area contributed by atoms with Crippen molar-refractivity contribution in [1.29, 1.82) is 0 Å². The average Bonchev–Trinajstić information content (AvgIpc) is 2.72. The maximum Gasteiger partial charge on any atom is 0.197 e. The van der Waals surface area contributed by atoms with E-state index in [0.29, 0.717) is 5.39 Å². The van der Waals surface area contributed by atoms with Crippen LogP contribution in [0, 0.1) is 6.07 Å². The number of halogens is 4. The number of carbonyl (C=O) groups excluding carboxylic acids is 2. The van der Waals surface area contributed by atoms with Gasteiger partial charge < -0.3 is 0 Å². The van der Waals surface area contributed by atoms with Crippen LogP contribution in [0.2, 0.25) is 20.1 Å². The van der Waals surface area contributed by atoms with Gasteiger partial charge in [-0.15, -0.1) is 0 Å². The lowest BCUT2D eigenvalue weighted by molar-refractivity contribution is 0.100. The van der Waals surface area contributed by atoms with Gasteiger partial charge in [-0.25, -0.2) is 0 Å². The molecule has 0 aliphatic heterocycles. The van der Waals surface area contributed by atoms with E-state index in [4.69, 9.17) is 46.4 Å². The van der Waals surface area contributed by atoms with E-state index >= 15 is 0 Å². The topological polar surface area (TPSA) is 34.1 Å². The zero-order valence-corrected chi connectivity index (χ0v) is 18.2. The lowest BCUT2D eigenvalue weighted by Gasteiger charge is -2.13. The number of fused-ring (bicyclic) bond motifs is 1. The smallest absolute Gasteiger partial charge is 0.197 e. The summed E-state index contributed by atoms with van der Waals surface area (Å²) in [6.07, 6.45) is 0. The number of rotatable bonds is 4. The second-order valence-electron chi connectivity index (χ2n) is 6.50. The molecule has 0 aromatic heterocycles. The normalized spacial score (nSPS) is 10.9. The summed E-state index contributed by atoms with van der Waals surface area (Å²) in [5.41, 5.74) is 0.380. The molecule has 0 bridgehead atoms. The molecule has 0 aliphatic carbocycles. The molecule has 0 spiro atoms. The van der Waals surface area contributed by atoms with Crippen LogP contribution in [0.3, 0.4) is 0 Å². The van der Waals surface area contributed by atoms with Crippen molar-refractivity contribution in [3.8, 4) is 0 Å². The minimum Gasteiger partial charge on any atom is -0.288 e. The van der Waals surface area contributed by atoms with Gasteiger partial charge >= 0.3 is 0 Å². The van der Waals surface area contributed by atoms with Gasteiger partial charge in [0.15, 0.2) is 11.6 Å². The van der Waals surface area contributed by atoms with Crippen LogP contribution in [-0.4, -0.2) is 11.6 Å². The summed E-state index contributed by atoms with van der Waals surface area (Å²) in [7, 11) is 0. The lowest BCUT2D eigenvalue weighted by atomic mass is 9.90. The van der Waals surface area contributed by atoms with Crippen LogP contribution >= 0.6 is 46.4 Å². The molecular formula is C24H11Cl4O2. The molecule has 0 saturated heterocycles. The summed E-state index contributed by atoms with van der Waals surface area (Å²) in [4.78, 5) is 26.9. The third kappa shape index (κ3) is 3.73. The van der Waals surface area contributed by atoms with E-state index in [1.165, 1.54) is 0 Å². The molecule has 0 saturated carbocycles. The molecule has 0 unspecified atom stereocenters. The van der Waals surface area contributed by atoms with Crippen molar-refractivity contribution in [3.63, 3.8) is 0 Å². The zero-order valence-electron chi connectivity index (χ0n) is 15.2. The van der Waals surface area contributed by atoms with E-state index in [1.54, 1.807) is 48.5 Å². The molecular weight excluding hydrogens is 462 g/mol. The molecule has 6 heteroatoms. The van der Waals surface area contributed by atoms with Gasteiger partial charge in [-0.1, -0.05) is 82.8 Å². The number of ketones is 2. The van der Waals surface area contributed by atoms with Crippen molar-refractivity contribution in [3.05, 3.63) is 115 Å². The zero-order chi connectivity index (χ0) is 21.4. The Kier molecular flexibility index (Phi) is 5.86. The van der Waals surface area contributed by atoms with Gasteiger partial charge in [0.1, 0.15) is 0 Å². The summed E-state index contributed by atoms with van der Waals surface area (Å²) >= 11 is 25.0. The first-order chi connectivity index (χ1) is 14.4. The molecule has 2 nitrogen and oxygen atoms in total. The molecule has 0 fully saturated rings. The Hall–Kier alpha value is -2.36. The first kappa shape index (κ1) is 20.9. The summed E-state index contributed by atoms with van der Waals surface area (Å²) in [5.74, 6) is -0.998. The molecule has 4 aromatic rings. The van der Waals surface area contributed by atoms with Crippen LogP contribution in [0.1, 0.15) is 31.8 Å². The highest BCUT2D eigenvalue weighted by molar-refractivity contribution is 6.43. The molecule has 30 heavy (non-hydrogen) atoms. The second-order valence-corrected chi connectivity index (χ2v) is 8.13. The Morgan fingerprint density at radius 1 is 0.633 bits per heavy atom. The van der Waals surface area contributed by atoms with Crippen LogP contribution in [0.5, 0.6) is 0 Å². The Balaban J connectivity index is 2.00. The van der Waals surface area contributed by atoms with E-state index in [2.05, 4.69) is 6.07 Å². The van der Waals surface area contributed by atoms with Crippen molar-refractivity contribution in [2.45, 2.75) is 0 Å². The monoisotopic (exact) mass is 471 g/mol. The predicted molar refractivity (Wildman–Crippen MR) is 123 cm³/mol. The number of carbonyl (C=O) groups is 2. The quantitative estimate of drug-likeness (QED) is 0.285. The van der Waals surface area contributed by atoms with Crippen molar-refractivity contribution in [1.82, 2.24) is 0 Å². The van der Waals surface area contributed by atoms with Crippen molar-refractivity contribution >= 4 is 68.7 Å². The first-order valence-corrected chi connectivity index (χ1v) is 10.3. The third-order valence-corrected chi connectivity index (χ3v) is 5.90. The molecule has 0 aliphatic rings. The highest BCUT2D eigenvalue weighted by Crippen LogP contribution is 2.33. The van der Waals surface area contributed by atoms with Crippen LogP contribution in [-0.2, 0) is 0 Å². The maximum absolute atomic E-state index is 13.5. The minimum atomic E-state index is -0.511. The molecule has 147 valence electrons. The van der Waals surface area contributed by atoms with Gasteiger partial charge in [0.25, 0.3) is 0 Å². The average molecular weight is 473 g/mol. The van der Waals surface area contributed by atoms with E-state index in [9.17, 15) is 9.59 Å². The Morgan fingerprint density at radius 2 is 1.13 bits per heavy atom. The van der Waals surface area contributed by atoms with Crippen LogP contribution < -0.4 is 0 Å². The SMILES string of the molecule is O=C(c1[c]c2ccccc2cc1C(=O)c1c(Cl)cccc1Cl)c1c(Cl)cccc1Cl. The van der Waals surface area contributed by atoms with E-state index in [-0.39, 0.29) is 42.3 Å². The van der Waals surface area contributed by atoms with Crippen LogP contribution in [0.4, 0.5) is 0 Å². The van der Waals surface area contributed by atoms with Gasteiger partial charge in [-0.05, 0) is 41.1 Å². The van der Waals surface area contributed by atoms with Crippen molar-refractivity contribution in [2.24, 2.45) is 0 Å². The molecule has 0 heterocycles. The third-order valence-electron chi connectivity index (χ3n) is 4.64. The highest BCUT2D eigenvalue weighted by Gasteiger charge is 2.26. The molecule has 4 aromatic carbocycles. The van der Waals surface area contributed by atoms with E-state index in [1.807, 2.05) is 18.2 Å². The van der Waals surface area contributed by atoms with Crippen molar-refractivity contribution in [2.75, 3.05) is 0 Å². The standard InChI is InChI=1S/C24H11Cl4O2/c25-17-7-3-8-18(26)21(17)23(29)15-11-13-5-1-2-6-14(13)12-16(15)24(30)22-19(27)9-4-10-20(22)28/h1-11H. The minimum absolute atomic E-state index is 0.0460. The van der Waals surface area contributed by atoms with Gasteiger partial charge in [0.2, 0.25) is 0 Å². The fourth-order valence-corrected chi connectivity index (χ4v) is 4.35. The summed E-state index contributed by atoms with van der Waals surface area (Å²) in [6.45, 7) is 0. The second kappa shape index (κ2) is 8.41. The van der Waals surface area contributed by atoms with E-state index < -0.39 is 11.6 Å². The highest BCUT2D eigenvalue weighted by atomic mass is 35.5. The lowest BCUT2D eigenvalue weighted by Crippen LogP contribution is -2.13. The molecule has 0 amide bonds. The molecule has 0 atom stereocenters.